The van der Waals surface area contributed by atoms with Crippen molar-refractivity contribution in [3.63, 3.8) is 0 Å². The van der Waals surface area contributed by atoms with Gasteiger partial charge >= 0.3 is 0 Å². The minimum atomic E-state index is -3.14. The normalized spacial score (nSPS) is 24.6. The van der Waals surface area contributed by atoms with Crippen molar-refractivity contribution in [2.45, 2.75) is 45.1 Å². The molecule has 1 saturated carbocycles. The van der Waals surface area contributed by atoms with Crippen LogP contribution in [0.2, 0.25) is 0 Å². The fraction of sp³-hybridized carbons (Fsp3) is 1.00. The van der Waals surface area contributed by atoms with Crippen LogP contribution in [0.4, 0.5) is 0 Å². The van der Waals surface area contributed by atoms with Crippen LogP contribution in [0.1, 0.15) is 39.0 Å². The zero-order valence-electron chi connectivity index (χ0n) is 12.6. The summed E-state index contributed by atoms with van der Waals surface area (Å²) in [4.78, 5) is 2.22. The number of piperazine rings is 1. The number of nitrogens with one attached hydrogen (secondary N) is 2. The Labute approximate surface area is 123 Å². The first-order chi connectivity index (χ1) is 9.57. The number of rotatable bonds is 6. The molecule has 1 aliphatic heterocycles. The van der Waals surface area contributed by atoms with Gasteiger partial charge in [0.1, 0.15) is 0 Å². The number of hydrogen-bond acceptors (Lipinski definition) is 4. The lowest BCUT2D eigenvalue weighted by molar-refractivity contribution is 0.253. The summed E-state index contributed by atoms with van der Waals surface area (Å²) in [5, 5.41) is 3.28. The van der Waals surface area contributed by atoms with E-state index in [9.17, 15) is 8.42 Å². The van der Waals surface area contributed by atoms with Crippen LogP contribution in [0, 0.1) is 5.92 Å². The van der Waals surface area contributed by atoms with Gasteiger partial charge in [0.2, 0.25) is 10.0 Å². The highest BCUT2D eigenvalue weighted by atomic mass is 32.2. The van der Waals surface area contributed by atoms with Gasteiger partial charge in [-0.05, 0) is 25.7 Å². The van der Waals surface area contributed by atoms with E-state index in [-0.39, 0.29) is 11.8 Å². The van der Waals surface area contributed by atoms with Crippen molar-refractivity contribution in [3.05, 3.63) is 0 Å². The monoisotopic (exact) mass is 303 g/mol. The van der Waals surface area contributed by atoms with Crippen molar-refractivity contribution in [3.8, 4) is 0 Å². The van der Waals surface area contributed by atoms with Gasteiger partial charge < -0.3 is 5.32 Å². The summed E-state index contributed by atoms with van der Waals surface area (Å²) in [6.45, 7) is 6.51. The van der Waals surface area contributed by atoms with E-state index >= 15 is 0 Å². The van der Waals surface area contributed by atoms with Crippen LogP contribution in [-0.2, 0) is 10.0 Å². The molecule has 0 amide bonds. The fourth-order valence-corrected chi connectivity index (χ4v) is 4.63. The molecule has 0 radical (unpaired) electrons. The molecule has 118 valence electrons. The van der Waals surface area contributed by atoms with Crippen molar-refractivity contribution < 1.29 is 8.42 Å². The Kier molecular flexibility index (Phi) is 6.26. The molecule has 5 nitrogen and oxygen atoms in total. The van der Waals surface area contributed by atoms with E-state index in [4.69, 9.17) is 0 Å². The summed E-state index contributed by atoms with van der Waals surface area (Å²) in [6, 6.07) is 0.0864. The third-order valence-electron chi connectivity index (χ3n) is 4.61. The lowest BCUT2D eigenvalue weighted by Gasteiger charge is -2.29. The molecule has 1 aliphatic carbocycles. The van der Waals surface area contributed by atoms with Crippen LogP contribution < -0.4 is 10.0 Å². The summed E-state index contributed by atoms with van der Waals surface area (Å²) < 4.78 is 27.2. The quantitative estimate of drug-likeness (QED) is 0.761. The molecule has 1 unspecified atom stereocenters. The molecule has 6 heteroatoms. The minimum absolute atomic E-state index is 0.0864. The van der Waals surface area contributed by atoms with Crippen LogP contribution in [0.5, 0.6) is 0 Å². The Bertz CT molecular complexity index is 374. The summed E-state index contributed by atoms with van der Waals surface area (Å²) >= 11 is 0. The highest BCUT2D eigenvalue weighted by Crippen LogP contribution is 2.26. The van der Waals surface area contributed by atoms with E-state index in [0.717, 1.165) is 26.2 Å². The lowest BCUT2D eigenvalue weighted by atomic mass is 9.85. The predicted molar refractivity (Wildman–Crippen MR) is 82.3 cm³/mol. The third kappa shape index (κ3) is 5.31. The summed E-state index contributed by atoms with van der Waals surface area (Å²) in [5.41, 5.74) is 0. The van der Waals surface area contributed by atoms with Gasteiger partial charge in [-0.2, -0.15) is 0 Å². The molecule has 1 saturated heterocycles. The van der Waals surface area contributed by atoms with Gasteiger partial charge in [-0.1, -0.05) is 19.3 Å². The molecule has 2 N–H and O–H groups in total. The molecule has 0 aromatic heterocycles. The minimum Gasteiger partial charge on any atom is -0.314 e. The van der Waals surface area contributed by atoms with Gasteiger partial charge in [-0.3, -0.25) is 4.90 Å². The first-order valence-electron chi connectivity index (χ1n) is 8.00. The summed E-state index contributed by atoms with van der Waals surface area (Å²) in [7, 11) is -3.14. The number of sulfonamides is 1. The summed E-state index contributed by atoms with van der Waals surface area (Å²) in [6.07, 6.45) is 6.14. The van der Waals surface area contributed by atoms with Gasteiger partial charge in [-0.25, -0.2) is 13.1 Å². The Balaban J connectivity index is 1.74. The maximum Gasteiger partial charge on any atom is 0.213 e. The molecule has 0 aromatic carbocycles. The average molecular weight is 303 g/mol. The summed E-state index contributed by atoms with van der Waals surface area (Å²) in [5.74, 6) is 0.752. The topological polar surface area (TPSA) is 61.4 Å². The second kappa shape index (κ2) is 7.73. The highest BCUT2D eigenvalue weighted by Gasteiger charge is 2.24. The molecule has 20 heavy (non-hydrogen) atoms. The van der Waals surface area contributed by atoms with E-state index in [0.29, 0.717) is 12.5 Å². The molecule has 2 fully saturated rings. The van der Waals surface area contributed by atoms with E-state index in [1.807, 2.05) is 6.92 Å². The van der Waals surface area contributed by atoms with Crippen molar-refractivity contribution in [2.24, 2.45) is 5.92 Å². The maximum absolute atomic E-state index is 12.2. The van der Waals surface area contributed by atoms with Crippen molar-refractivity contribution in [1.29, 1.82) is 0 Å². The Morgan fingerprint density at radius 3 is 2.50 bits per heavy atom. The van der Waals surface area contributed by atoms with Crippen LogP contribution in [0.3, 0.4) is 0 Å². The van der Waals surface area contributed by atoms with Gasteiger partial charge in [0.15, 0.2) is 0 Å². The molecular weight excluding hydrogens is 274 g/mol. The molecule has 1 atom stereocenters. The first kappa shape index (κ1) is 16.2. The molecule has 0 bridgehead atoms. The zero-order valence-corrected chi connectivity index (χ0v) is 13.4. The molecule has 1 heterocycles. The second-order valence-corrected chi connectivity index (χ2v) is 8.09. The van der Waals surface area contributed by atoms with Crippen LogP contribution >= 0.6 is 0 Å². The van der Waals surface area contributed by atoms with Crippen LogP contribution in [0.25, 0.3) is 0 Å². The van der Waals surface area contributed by atoms with Crippen molar-refractivity contribution in [1.82, 2.24) is 14.9 Å². The predicted octanol–water partition coefficient (Wildman–Crippen LogP) is 0.780. The molecule has 2 aliphatic rings. The van der Waals surface area contributed by atoms with Crippen molar-refractivity contribution in [2.75, 3.05) is 38.5 Å². The second-order valence-electron chi connectivity index (χ2n) is 6.22. The maximum atomic E-state index is 12.2. The highest BCUT2D eigenvalue weighted by molar-refractivity contribution is 7.89. The SMILES string of the molecule is CC(NS(=O)(=O)CCN1CCNCC1)C1CCCCC1. The first-order valence-corrected chi connectivity index (χ1v) is 9.65. The Morgan fingerprint density at radius 2 is 1.85 bits per heavy atom. The van der Waals surface area contributed by atoms with E-state index in [1.165, 1.54) is 32.1 Å². The fourth-order valence-electron chi connectivity index (χ4n) is 3.26. The van der Waals surface area contributed by atoms with E-state index < -0.39 is 10.0 Å². The molecular formula is C14H29N3O2S. The number of nitrogens with zero attached hydrogens (tertiary/aromatic N) is 1. The van der Waals surface area contributed by atoms with Crippen LogP contribution in [-0.4, -0.2) is 57.8 Å². The average Bonchev–Trinajstić information content (AvgIpc) is 2.47. The zero-order chi connectivity index (χ0) is 14.4. The van der Waals surface area contributed by atoms with Gasteiger partial charge in [0, 0.05) is 38.8 Å². The van der Waals surface area contributed by atoms with Crippen molar-refractivity contribution >= 4 is 10.0 Å². The third-order valence-corrected chi connectivity index (χ3v) is 6.06. The Hall–Kier alpha value is -0.170. The largest absolute Gasteiger partial charge is 0.314 e. The molecule has 0 aromatic rings. The van der Waals surface area contributed by atoms with Gasteiger partial charge in [0.25, 0.3) is 0 Å². The van der Waals surface area contributed by atoms with Crippen LogP contribution in [0.15, 0.2) is 0 Å². The Morgan fingerprint density at radius 1 is 1.20 bits per heavy atom. The molecule has 0 spiro atoms. The lowest BCUT2D eigenvalue weighted by Crippen LogP contribution is -2.47. The van der Waals surface area contributed by atoms with Gasteiger partial charge in [-0.15, -0.1) is 0 Å². The molecule has 2 rings (SSSR count). The van der Waals surface area contributed by atoms with Gasteiger partial charge in [0.05, 0.1) is 5.75 Å². The standard InChI is InChI=1S/C14H29N3O2S/c1-13(14-5-3-2-4-6-14)16-20(18,19)12-11-17-9-7-15-8-10-17/h13-16H,2-12H2,1H3. The number of hydrogen-bond donors (Lipinski definition) is 2. The van der Waals surface area contributed by atoms with E-state index in [1.54, 1.807) is 0 Å². The smallest absolute Gasteiger partial charge is 0.213 e. The van der Waals surface area contributed by atoms with E-state index in [2.05, 4.69) is 14.9 Å².